The van der Waals surface area contributed by atoms with E-state index in [9.17, 15) is 10.1 Å². The van der Waals surface area contributed by atoms with Gasteiger partial charge in [0.2, 0.25) is 0 Å². The first-order valence-electron chi connectivity index (χ1n) is 7.03. The maximum Gasteiger partial charge on any atom is 0.273 e. The Balaban J connectivity index is 1.99. The number of hydrogen-bond donors (Lipinski definition) is 2. The minimum atomic E-state index is -0.470. The van der Waals surface area contributed by atoms with Crippen molar-refractivity contribution in [1.82, 2.24) is 5.32 Å². The van der Waals surface area contributed by atoms with Gasteiger partial charge in [0.05, 0.1) is 35.9 Å². The Labute approximate surface area is 134 Å². The van der Waals surface area contributed by atoms with E-state index in [0.29, 0.717) is 16.5 Å². The van der Waals surface area contributed by atoms with Gasteiger partial charge in [-0.1, -0.05) is 0 Å². The smallest absolute Gasteiger partial charge is 0.273 e. The van der Waals surface area contributed by atoms with Gasteiger partial charge in [-0.3, -0.25) is 10.1 Å². The van der Waals surface area contributed by atoms with Crippen LogP contribution in [0.25, 0.3) is 0 Å². The van der Waals surface area contributed by atoms with Crippen LogP contribution >= 0.6 is 12.2 Å². The molecule has 1 saturated heterocycles. The summed E-state index contributed by atoms with van der Waals surface area (Å²) in [5, 5.41) is 17.4. The van der Waals surface area contributed by atoms with Gasteiger partial charge in [-0.25, -0.2) is 0 Å². The highest BCUT2D eigenvalue weighted by molar-refractivity contribution is 7.80. The maximum atomic E-state index is 10.8. The number of methoxy groups -OCH3 is 1. The van der Waals surface area contributed by atoms with Crippen molar-refractivity contribution in [2.45, 2.75) is 31.9 Å². The molecule has 1 aromatic carbocycles. The molecule has 2 N–H and O–H groups in total. The molecule has 1 fully saturated rings. The lowest BCUT2D eigenvalue weighted by Crippen LogP contribution is -2.42. The molecule has 0 bridgehead atoms. The number of rotatable bonds is 5. The molecule has 2 atom stereocenters. The van der Waals surface area contributed by atoms with Gasteiger partial charge < -0.3 is 20.1 Å². The van der Waals surface area contributed by atoms with Gasteiger partial charge in [-0.2, -0.15) is 0 Å². The van der Waals surface area contributed by atoms with E-state index in [1.54, 1.807) is 6.07 Å². The molecule has 1 aromatic rings. The minimum absolute atomic E-state index is 0.0333. The number of nitrogens with one attached hydrogen (secondary N) is 2. The molecule has 1 aliphatic rings. The van der Waals surface area contributed by atoms with Crippen molar-refractivity contribution in [2.75, 3.05) is 19.0 Å². The zero-order valence-electron chi connectivity index (χ0n) is 12.5. The largest absolute Gasteiger partial charge is 0.494 e. The van der Waals surface area contributed by atoms with Crippen molar-refractivity contribution < 1.29 is 14.4 Å². The Bertz CT molecular complexity index is 561. The Hall–Kier alpha value is -1.93. The third-order valence-corrected chi connectivity index (χ3v) is 3.75. The monoisotopic (exact) mass is 325 g/mol. The van der Waals surface area contributed by atoms with Crippen molar-refractivity contribution in [3.05, 3.63) is 28.3 Å². The van der Waals surface area contributed by atoms with Crippen molar-refractivity contribution >= 4 is 28.7 Å². The first-order valence-corrected chi connectivity index (χ1v) is 7.43. The molecule has 0 radical (unpaired) electrons. The summed E-state index contributed by atoms with van der Waals surface area (Å²) in [5.41, 5.74) is 0.541. The second-order valence-electron chi connectivity index (χ2n) is 5.08. The summed E-state index contributed by atoms with van der Waals surface area (Å²) >= 11 is 5.27. The number of nitrogens with zero attached hydrogens (tertiary/aromatic N) is 1. The first kappa shape index (κ1) is 16.4. The van der Waals surface area contributed by atoms with E-state index in [-0.39, 0.29) is 17.8 Å². The van der Waals surface area contributed by atoms with Gasteiger partial charge in [0.1, 0.15) is 5.75 Å². The number of nitro benzene ring substituents is 1. The fourth-order valence-corrected chi connectivity index (χ4v) is 2.65. The molecule has 120 valence electrons. The Morgan fingerprint density at radius 1 is 1.59 bits per heavy atom. The predicted molar refractivity (Wildman–Crippen MR) is 87.4 cm³/mol. The Morgan fingerprint density at radius 3 is 2.95 bits per heavy atom. The molecule has 0 saturated carbocycles. The summed E-state index contributed by atoms with van der Waals surface area (Å²) in [6.45, 7) is 2.80. The van der Waals surface area contributed by atoms with Crippen LogP contribution in [0.2, 0.25) is 0 Å². The SMILES string of the molecule is COc1cc([N+](=O)[O-])ccc1NC(=S)N[C@H](C)[C@@H]1CCCO1. The highest BCUT2D eigenvalue weighted by atomic mass is 32.1. The predicted octanol–water partition coefficient (Wildman–Crippen LogP) is 2.46. The van der Waals surface area contributed by atoms with E-state index in [2.05, 4.69) is 10.6 Å². The highest BCUT2D eigenvalue weighted by Crippen LogP contribution is 2.29. The van der Waals surface area contributed by atoms with Gasteiger partial charge in [0.15, 0.2) is 5.11 Å². The second-order valence-corrected chi connectivity index (χ2v) is 5.49. The number of non-ortho nitro benzene ring substituents is 1. The van der Waals surface area contributed by atoms with E-state index in [1.165, 1.54) is 19.2 Å². The molecule has 1 heterocycles. The summed E-state index contributed by atoms with van der Waals surface area (Å²) < 4.78 is 10.8. The average Bonchev–Trinajstić information content (AvgIpc) is 3.01. The number of thiocarbonyl (C=S) groups is 1. The molecule has 0 unspecified atom stereocenters. The number of ether oxygens (including phenoxy) is 2. The summed E-state index contributed by atoms with van der Waals surface area (Å²) in [7, 11) is 1.45. The fraction of sp³-hybridized carbons (Fsp3) is 0.500. The number of anilines is 1. The molecule has 22 heavy (non-hydrogen) atoms. The molecule has 0 spiro atoms. The third-order valence-electron chi connectivity index (χ3n) is 3.53. The summed E-state index contributed by atoms with van der Waals surface area (Å²) in [4.78, 5) is 10.3. The van der Waals surface area contributed by atoms with Crippen LogP contribution < -0.4 is 15.4 Å². The van der Waals surface area contributed by atoms with Gasteiger partial charge >= 0.3 is 0 Å². The lowest BCUT2D eigenvalue weighted by molar-refractivity contribution is -0.384. The first-order chi connectivity index (χ1) is 10.5. The number of nitro groups is 1. The normalized spacial score (nSPS) is 18.5. The standard InChI is InChI=1S/C14H19N3O4S/c1-9(12-4-3-7-21-12)15-14(22)16-11-6-5-10(17(18)19)8-13(11)20-2/h5-6,8-9,12H,3-4,7H2,1-2H3,(H2,15,16,22)/t9-,12+/m1/s1. The molecule has 0 aromatic heterocycles. The Kier molecular flexibility index (Phi) is 5.51. The van der Waals surface area contributed by atoms with Crippen molar-refractivity contribution in [3.63, 3.8) is 0 Å². The highest BCUT2D eigenvalue weighted by Gasteiger charge is 2.23. The van der Waals surface area contributed by atoms with Crippen LogP contribution in [0.15, 0.2) is 18.2 Å². The molecule has 8 heteroatoms. The van der Waals surface area contributed by atoms with Crippen LogP contribution in [0.3, 0.4) is 0 Å². The van der Waals surface area contributed by atoms with E-state index >= 15 is 0 Å². The third kappa shape index (κ3) is 4.05. The van der Waals surface area contributed by atoms with Crippen LogP contribution in [0, 0.1) is 10.1 Å². The summed E-state index contributed by atoms with van der Waals surface area (Å²) in [6, 6.07) is 4.42. The minimum Gasteiger partial charge on any atom is -0.494 e. The van der Waals surface area contributed by atoms with E-state index in [1.807, 2.05) is 6.92 Å². The Morgan fingerprint density at radius 2 is 2.36 bits per heavy atom. The average molecular weight is 325 g/mol. The van der Waals surface area contributed by atoms with Crippen molar-refractivity contribution in [1.29, 1.82) is 0 Å². The molecule has 2 rings (SSSR count). The maximum absolute atomic E-state index is 10.8. The fourth-order valence-electron chi connectivity index (χ4n) is 2.35. The van der Waals surface area contributed by atoms with E-state index in [4.69, 9.17) is 21.7 Å². The van der Waals surface area contributed by atoms with Crippen LogP contribution in [0.4, 0.5) is 11.4 Å². The lowest BCUT2D eigenvalue weighted by atomic mass is 10.1. The van der Waals surface area contributed by atoms with Crippen molar-refractivity contribution in [2.24, 2.45) is 0 Å². The second kappa shape index (κ2) is 7.37. The molecule has 0 amide bonds. The van der Waals surface area contributed by atoms with Crippen LogP contribution in [0.5, 0.6) is 5.75 Å². The topological polar surface area (TPSA) is 85.7 Å². The molecule has 0 aliphatic carbocycles. The molecule has 1 aliphatic heterocycles. The molecule has 7 nitrogen and oxygen atoms in total. The van der Waals surface area contributed by atoms with Crippen LogP contribution in [-0.2, 0) is 4.74 Å². The number of hydrogen-bond acceptors (Lipinski definition) is 5. The lowest BCUT2D eigenvalue weighted by Gasteiger charge is -2.22. The van der Waals surface area contributed by atoms with E-state index in [0.717, 1.165) is 19.4 Å². The molecular formula is C14H19N3O4S. The van der Waals surface area contributed by atoms with Gasteiger partial charge in [-0.05, 0) is 38.0 Å². The van der Waals surface area contributed by atoms with Gasteiger partial charge in [-0.15, -0.1) is 0 Å². The molecular weight excluding hydrogens is 306 g/mol. The van der Waals surface area contributed by atoms with Gasteiger partial charge in [0, 0.05) is 12.7 Å². The van der Waals surface area contributed by atoms with Crippen LogP contribution in [0.1, 0.15) is 19.8 Å². The quantitative estimate of drug-likeness (QED) is 0.488. The van der Waals surface area contributed by atoms with Gasteiger partial charge in [0.25, 0.3) is 5.69 Å². The van der Waals surface area contributed by atoms with Crippen molar-refractivity contribution in [3.8, 4) is 5.75 Å². The summed E-state index contributed by atoms with van der Waals surface area (Å²) in [6.07, 6.45) is 2.23. The zero-order valence-corrected chi connectivity index (χ0v) is 13.3. The van der Waals surface area contributed by atoms with E-state index < -0.39 is 4.92 Å². The number of benzene rings is 1. The van der Waals surface area contributed by atoms with Crippen LogP contribution in [-0.4, -0.2) is 35.9 Å². The zero-order chi connectivity index (χ0) is 16.1. The summed E-state index contributed by atoms with van der Waals surface area (Å²) in [5.74, 6) is 0.364.